The summed E-state index contributed by atoms with van der Waals surface area (Å²) in [5.41, 5.74) is 7.33. The highest BCUT2D eigenvalue weighted by atomic mass is 32.1. The Balaban J connectivity index is 2.84. The number of nitrogens with two attached hydrogens (primary N) is 1. The molecule has 1 heterocycles. The number of hydrogen-bond acceptors (Lipinski definition) is 3. The molecular formula is C10H12N2OS. The number of thiazole rings is 1. The van der Waals surface area contributed by atoms with E-state index in [0.717, 1.165) is 10.2 Å². The van der Waals surface area contributed by atoms with E-state index >= 15 is 0 Å². The average Bonchev–Trinajstić information content (AvgIpc) is 2.39. The predicted molar refractivity (Wildman–Crippen MR) is 60.9 cm³/mol. The third-order valence-electron chi connectivity index (χ3n) is 2.15. The van der Waals surface area contributed by atoms with Crippen LogP contribution in [0.5, 0.6) is 0 Å². The summed E-state index contributed by atoms with van der Waals surface area (Å²) in [5.74, 6) is 0. The van der Waals surface area contributed by atoms with Crippen LogP contribution in [0.3, 0.4) is 0 Å². The maximum Gasteiger partial charge on any atom is 0.308 e. The molecule has 0 saturated carbocycles. The van der Waals surface area contributed by atoms with Crippen LogP contribution < -0.4 is 10.6 Å². The van der Waals surface area contributed by atoms with E-state index in [0.29, 0.717) is 5.69 Å². The summed E-state index contributed by atoms with van der Waals surface area (Å²) >= 11 is 1.25. The van der Waals surface area contributed by atoms with E-state index in [2.05, 4.69) is 0 Å². The molecule has 1 aromatic heterocycles. The normalized spacial score (nSPS) is 11.4. The highest BCUT2D eigenvalue weighted by molar-refractivity contribution is 7.16. The van der Waals surface area contributed by atoms with E-state index in [9.17, 15) is 4.79 Å². The molecule has 0 aliphatic rings. The topological polar surface area (TPSA) is 48.0 Å². The molecule has 0 spiro atoms. The molecule has 0 atom stereocenters. The van der Waals surface area contributed by atoms with Crippen LogP contribution in [0.1, 0.15) is 19.9 Å². The van der Waals surface area contributed by atoms with Crippen LogP contribution >= 0.6 is 11.3 Å². The summed E-state index contributed by atoms with van der Waals surface area (Å²) < 4.78 is 2.75. The summed E-state index contributed by atoms with van der Waals surface area (Å²) in [6.45, 7) is 4.01. The van der Waals surface area contributed by atoms with Gasteiger partial charge in [0.1, 0.15) is 0 Å². The van der Waals surface area contributed by atoms with Crippen molar-refractivity contribution in [2.75, 3.05) is 5.73 Å². The first-order valence-electron chi connectivity index (χ1n) is 4.50. The third kappa shape index (κ3) is 1.32. The van der Waals surface area contributed by atoms with Crippen molar-refractivity contribution in [3.8, 4) is 0 Å². The van der Waals surface area contributed by atoms with Gasteiger partial charge in [-0.3, -0.25) is 9.36 Å². The Hall–Kier alpha value is -1.29. The molecule has 0 bridgehead atoms. The Morgan fingerprint density at radius 2 is 2.14 bits per heavy atom. The summed E-state index contributed by atoms with van der Waals surface area (Å²) in [7, 11) is 0. The molecule has 0 saturated heterocycles. The van der Waals surface area contributed by atoms with Crippen molar-refractivity contribution in [3.05, 3.63) is 27.9 Å². The first-order chi connectivity index (χ1) is 6.59. The van der Waals surface area contributed by atoms with Crippen LogP contribution in [-0.2, 0) is 0 Å². The van der Waals surface area contributed by atoms with Crippen molar-refractivity contribution in [1.82, 2.24) is 4.57 Å². The zero-order valence-electron chi connectivity index (χ0n) is 8.15. The lowest BCUT2D eigenvalue weighted by atomic mass is 10.3. The van der Waals surface area contributed by atoms with Gasteiger partial charge in [-0.2, -0.15) is 0 Å². The molecule has 0 radical (unpaired) electrons. The van der Waals surface area contributed by atoms with Crippen molar-refractivity contribution >= 4 is 27.2 Å². The molecule has 14 heavy (non-hydrogen) atoms. The molecule has 0 amide bonds. The van der Waals surface area contributed by atoms with Crippen LogP contribution in [0.4, 0.5) is 5.69 Å². The second-order valence-electron chi connectivity index (χ2n) is 3.56. The number of nitrogens with zero attached hydrogens (tertiary/aromatic N) is 1. The minimum absolute atomic E-state index is 0.0839. The van der Waals surface area contributed by atoms with Crippen LogP contribution in [0.15, 0.2) is 23.0 Å². The van der Waals surface area contributed by atoms with E-state index in [-0.39, 0.29) is 10.9 Å². The summed E-state index contributed by atoms with van der Waals surface area (Å²) in [6, 6.07) is 5.77. The van der Waals surface area contributed by atoms with Crippen molar-refractivity contribution in [2.45, 2.75) is 19.9 Å². The van der Waals surface area contributed by atoms with Gasteiger partial charge in [0.25, 0.3) is 0 Å². The first kappa shape index (κ1) is 9.27. The lowest BCUT2D eigenvalue weighted by Gasteiger charge is -2.06. The van der Waals surface area contributed by atoms with Gasteiger partial charge in [-0.05, 0) is 32.0 Å². The van der Waals surface area contributed by atoms with Crippen LogP contribution in [0.2, 0.25) is 0 Å². The van der Waals surface area contributed by atoms with E-state index in [1.165, 1.54) is 11.3 Å². The maximum atomic E-state index is 11.6. The zero-order valence-corrected chi connectivity index (χ0v) is 8.97. The lowest BCUT2D eigenvalue weighted by Crippen LogP contribution is -2.14. The van der Waals surface area contributed by atoms with Gasteiger partial charge in [0.15, 0.2) is 0 Å². The number of aromatic nitrogens is 1. The van der Waals surface area contributed by atoms with Gasteiger partial charge >= 0.3 is 4.87 Å². The second-order valence-corrected chi connectivity index (χ2v) is 4.55. The summed E-state index contributed by atoms with van der Waals surface area (Å²) in [4.78, 5) is 11.7. The first-order valence-corrected chi connectivity index (χ1v) is 5.32. The number of nitrogen functional groups attached to an aromatic ring is 1. The average molecular weight is 208 g/mol. The van der Waals surface area contributed by atoms with Crippen molar-refractivity contribution in [2.24, 2.45) is 0 Å². The number of fused-ring (bicyclic) bond motifs is 1. The Kier molecular flexibility index (Phi) is 2.07. The fourth-order valence-electron chi connectivity index (χ4n) is 1.54. The van der Waals surface area contributed by atoms with Crippen molar-refractivity contribution in [1.29, 1.82) is 0 Å². The molecule has 4 heteroatoms. The fourth-order valence-corrected chi connectivity index (χ4v) is 2.60. The van der Waals surface area contributed by atoms with Crippen LogP contribution in [0.25, 0.3) is 10.2 Å². The van der Waals surface area contributed by atoms with Crippen LogP contribution in [-0.4, -0.2) is 4.57 Å². The van der Waals surface area contributed by atoms with Gasteiger partial charge < -0.3 is 5.73 Å². The minimum atomic E-state index is 0.0839. The van der Waals surface area contributed by atoms with Crippen molar-refractivity contribution < 1.29 is 0 Å². The minimum Gasteiger partial charge on any atom is -0.399 e. The van der Waals surface area contributed by atoms with Gasteiger partial charge in [-0.1, -0.05) is 11.3 Å². The van der Waals surface area contributed by atoms with E-state index in [1.807, 2.05) is 32.0 Å². The number of hydrogen-bond donors (Lipinski definition) is 1. The molecule has 0 fully saturated rings. The smallest absolute Gasteiger partial charge is 0.308 e. The molecule has 2 rings (SSSR count). The molecule has 74 valence electrons. The Bertz CT molecular complexity index is 524. The van der Waals surface area contributed by atoms with Crippen molar-refractivity contribution in [3.63, 3.8) is 0 Å². The quantitative estimate of drug-likeness (QED) is 0.730. The lowest BCUT2D eigenvalue weighted by molar-refractivity contribution is 0.611. The molecule has 0 aliphatic heterocycles. The Morgan fingerprint density at radius 1 is 1.43 bits per heavy atom. The molecular weight excluding hydrogens is 196 g/mol. The van der Waals surface area contributed by atoms with Gasteiger partial charge in [0.05, 0.1) is 10.2 Å². The standard InChI is InChI=1S/C10H12N2OS/c1-6(2)12-8-4-3-7(11)5-9(8)14-10(12)13/h3-6H,11H2,1-2H3. The van der Waals surface area contributed by atoms with Gasteiger partial charge in [-0.25, -0.2) is 0 Å². The molecule has 0 unspecified atom stereocenters. The van der Waals surface area contributed by atoms with Gasteiger partial charge in [-0.15, -0.1) is 0 Å². The van der Waals surface area contributed by atoms with Crippen LogP contribution in [0, 0.1) is 0 Å². The number of rotatable bonds is 1. The Morgan fingerprint density at radius 3 is 2.79 bits per heavy atom. The number of benzene rings is 1. The largest absolute Gasteiger partial charge is 0.399 e. The van der Waals surface area contributed by atoms with E-state index in [1.54, 1.807) is 4.57 Å². The predicted octanol–water partition coefficient (Wildman–Crippen LogP) is 2.23. The Labute approximate surface area is 85.8 Å². The molecule has 1 aromatic carbocycles. The van der Waals surface area contributed by atoms with Gasteiger partial charge in [0.2, 0.25) is 0 Å². The molecule has 3 nitrogen and oxygen atoms in total. The van der Waals surface area contributed by atoms with E-state index < -0.39 is 0 Å². The SMILES string of the molecule is CC(C)n1c(=O)sc2cc(N)ccc21. The second kappa shape index (κ2) is 3.13. The third-order valence-corrected chi connectivity index (χ3v) is 3.07. The van der Waals surface area contributed by atoms with Gasteiger partial charge in [0, 0.05) is 11.7 Å². The number of anilines is 1. The zero-order chi connectivity index (χ0) is 10.3. The highest BCUT2D eigenvalue weighted by Crippen LogP contribution is 2.22. The monoisotopic (exact) mass is 208 g/mol. The summed E-state index contributed by atoms with van der Waals surface area (Å²) in [6.07, 6.45) is 0. The van der Waals surface area contributed by atoms with E-state index in [4.69, 9.17) is 5.73 Å². The fraction of sp³-hybridized carbons (Fsp3) is 0.300. The highest BCUT2D eigenvalue weighted by Gasteiger charge is 2.09. The maximum absolute atomic E-state index is 11.6. The summed E-state index contributed by atoms with van der Waals surface area (Å²) in [5, 5.41) is 0. The molecule has 2 N–H and O–H groups in total. The molecule has 0 aliphatic carbocycles. The molecule has 2 aromatic rings.